The van der Waals surface area contributed by atoms with Gasteiger partial charge >= 0.3 is 0 Å². The van der Waals surface area contributed by atoms with Crippen molar-refractivity contribution in [1.82, 2.24) is 20.1 Å². The molecule has 0 bridgehead atoms. The Morgan fingerprint density at radius 1 is 1.03 bits per heavy atom. The van der Waals surface area contributed by atoms with Crippen molar-refractivity contribution >= 4 is 22.7 Å². The number of hydrogen-bond donors (Lipinski definition) is 2. The normalized spacial score (nSPS) is 24.4. The number of hydrogen-bond acceptors (Lipinski definition) is 5. The molecule has 3 aromatic rings. The van der Waals surface area contributed by atoms with Crippen molar-refractivity contribution in [3.05, 3.63) is 59.3 Å². The molecule has 0 radical (unpaired) electrons. The first-order valence-electron chi connectivity index (χ1n) is 11.7. The summed E-state index contributed by atoms with van der Waals surface area (Å²) >= 11 is 0. The molecule has 0 saturated carbocycles. The van der Waals surface area contributed by atoms with Gasteiger partial charge < -0.3 is 29.6 Å². The second kappa shape index (κ2) is 8.06. The summed E-state index contributed by atoms with van der Waals surface area (Å²) < 4.78 is 11.0. The number of H-pyrrole nitrogens is 1. The Hall–Kier alpha value is -3.52. The molecular weight excluding hydrogens is 432 g/mol. The van der Waals surface area contributed by atoms with Crippen LogP contribution in [-0.2, 0) is 16.0 Å². The maximum atomic E-state index is 13.8. The predicted molar refractivity (Wildman–Crippen MR) is 127 cm³/mol. The Morgan fingerprint density at radius 2 is 1.85 bits per heavy atom. The van der Waals surface area contributed by atoms with Gasteiger partial charge in [0.15, 0.2) is 11.5 Å². The van der Waals surface area contributed by atoms with Crippen molar-refractivity contribution < 1.29 is 19.1 Å². The van der Waals surface area contributed by atoms with Gasteiger partial charge in [0.05, 0.1) is 20.3 Å². The Balaban J connectivity index is 1.51. The van der Waals surface area contributed by atoms with E-state index >= 15 is 0 Å². The van der Waals surface area contributed by atoms with Gasteiger partial charge in [-0.2, -0.15) is 0 Å². The minimum atomic E-state index is -0.536. The number of aromatic nitrogens is 1. The average Bonchev–Trinajstić information content (AvgIpc) is 3.53. The van der Waals surface area contributed by atoms with Crippen LogP contribution in [0.25, 0.3) is 10.9 Å². The fourth-order valence-electron chi connectivity index (χ4n) is 5.87. The molecule has 3 atom stereocenters. The molecule has 2 N–H and O–H groups in total. The van der Waals surface area contributed by atoms with Crippen LogP contribution in [-0.4, -0.2) is 72.5 Å². The molecule has 0 aliphatic carbocycles. The number of benzene rings is 2. The summed E-state index contributed by atoms with van der Waals surface area (Å²) in [5, 5.41) is 4.42. The zero-order chi connectivity index (χ0) is 23.4. The predicted octanol–water partition coefficient (Wildman–Crippen LogP) is 2.23. The number of nitrogens with zero attached hydrogens (tertiary/aromatic N) is 2. The number of rotatable bonds is 4. The van der Waals surface area contributed by atoms with Gasteiger partial charge in [0, 0.05) is 35.6 Å². The minimum absolute atomic E-state index is 0.0272. The van der Waals surface area contributed by atoms with Gasteiger partial charge in [0.2, 0.25) is 11.8 Å². The molecule has 8 nitrogen and oxygen atoms in total. The molecule has 2 amide bonds. The van der Waals surface area contributed by atoms with Gasteiger partial charge in [-0.05, 0) is 42.3 Å². The fraction of sp³-hybridized carbons (Fsp3) is 0.385. The van der Waals surface area contributed by atoms with Gasteiger partial charge in [-0.3, -0.25) is 9.59 Å². The molecule has 3 aliphatic rings. The quantitative estimate of drug-likeness (QED) is 0.624. The summed E-state index contributed by atoms with van der Waals surface area (Å²) in [5.74, 6) is 1.22. The fourth-order valence-corrected chi connectivity index (χ4v) is 5.87. The molecule has 8 heteroatoms. The zero-order valence-corrected chi connectivity index (χ0v) is 19.3. The molecule has 3 aliphatic heterocycles. The Kier molecular flexibility index (Phi) is 4.99. The number of para-hydroxylation sites is 1. The van der Waals surface area contributed by atoms with E-state index in [0.717, 1.165) is 47.2 Å². The highest BCUT2D eigenvalue weighted by Crippen LogP contribution is 2.44. The number of nitrogens with one attached hydrogen (secondary N) is 2. The van der Waals surface area contributed by atoms with Crippen molar-refractivity contribution in [2.45, 2.75) is 31.0 Å². The first-order chi connectivity index (χ1) is 16.6. The van der Waals surface area contributed by atoms with Crippen LogP contribution >= 0.6 is 0 Å². The molecule has 4 heterocycles. The van der Waals surface area contributed by atoms with Crippen LogP contribution in [0.4, 0.5) is 0 Å². The van der Waals surface area contributed by atoms with Gasteiger partial charge in [0.25, 0.3) is 0 Å². The van der Waals surface area contributed by atoms with Crippen molar-refractivity contribution in [2.24, 2.45) is 0 Å². The smallest absolute Gasteiger partial charge is 0.246 e. The third kappa shape index (κ3) is 3.09. The first-order valence-corrected chi connectivity index (χ1v) is 11.7. The minimum Gasteiger partial charge on any atom is -0.493 e. The lowest BCUT2D eigenvalue weighted by Crippen LogP contribution is -2.65. The van der Waals surface area contributed by atoms with Crippen LogP contribution in [0.2, 0.25) is 0 Å². The topological polar surface area (TPSA) is 86.9 Å². The number of fused-ring (bicyclic) bond motifs is 4. The third-order valence-corrected chi connectivity index (χ3v) is 7.49. The number of carbonyl (C=O) groups excluding carboxylic acids is 2. The van der Waals surface area contributed by atoms with E-state index in [0.29, 0.717) is 17.9 Å². The molecule has 0 unspecified atom stereocenters. The van der Waals surface area contributed by atoms with Crippen LogP contribution in [0.15, 0.2) is 42.5 Å². The van der Waals surface area contributed by atoms with E-state index in [9.17, 15) is 9.59 Å². The van der Waals surface area contributed by atoms with Gasteiger partial charge in [-0.25, -0.2) is 0 Å². The van der Waals surface area contributed by atoms with Crippen LogP contribution in [0.3, 0.4) is 0 Å². The molecule has 6 rings (SSSR count). The number of methoxy groups -OCH3 is 2. The highest BCUT2D eigenvalue weighted by atomic mass is 16.5. The van der Waals surface area contributed by atoms with E-state index in [-0.39, 0.29) is 24.4 Å². The van der Waals surface area contributed by atoms with E-state index < -0.39 is 12.1 Å². The maximum Gasteiger partial charge on any atom is 0.246 e. The highest BCUT2D eigenvalue weighted by molar-refractivity contribution is 5.98. The zero-order valence-electron chi connectivity index (χ0n) is 19.3. The molecule has 0 spiro atoms. The van der Waals surface area contributed by atoms with E-state index in [2.05, 4.69) is 16.4 Å². The summed E-state index contributed by atoms with van der Waals surface area (Å²) in [5.41, 5.74) is 3.95. The van der Waals surface area contributed by atoms with Crippen LogP contribution in [0.1, 0.15) is 29.3 Å². The van der Waals surface area contributed by atoms with Crippen molar-refractivity contribution in [2.75, 3.05) is 33.9 Å². The molecule has 2 saturated heterocycles. The van der Waals surface area contributed by atoms with Gasteiger partial charge in [0.1, 0.15) is 12.6 Å². The third-order valence-electron chi connectivity index (χ3n) is 7.49. The highest BCUT2D eigenvalue weighted by Gasteiger charge is 2.49. The lowest BCUT2D eigenvalue weighted by Gasteiger charge is -2.48. The van der Waals surface area contributed by atoms with Gasteiger partial charge in [-0.15, -0.1) is 0 Å². The van der Waals surface area contributed by atoms with Crippen molar-refractivity contribution in [1.29, 1.82) is 0 Å². The summed E-state index contributed by atoms with van der Waals surface area (Å²) in [7, 11) is 3.20. The number of amides is 2. The van der Waals surface area contributed by atoms with Crippen LogP contribution < -0.4 is 14.8 Å². The number of aromatic amines is 1. The summed E-state index contributed by atoms with van der Waals surface area (Å²) in [6.07, 6.45) is 1.38. The molecule has 2 aromatic carbocycles. The molecular formula is C26H28N4O4. The Bertz CT molecular complexity index is 1280. The largest absolute Gasteiger partial charge is 0.493 e. The lowest BCUT2D eigenvalue weighted by atomic mass is 9.85. The second-order valence-electron chi connectivity index (χ2n) is 9.21. The van der Waals surface area contributed by atoms with Crippen molar-refractivity contribution in [3.63, 3.8) is 0 Å². The van der Waals surface area contributed by atoms with E-state index in [1.165, 1.54) is 0 Å². The van der Waals surface area contributed by atoms with Crippen LogP contribution in [0.5, 0.6) is 11.5 Å². The standard InChI is InChI=1S/C26H28N4O4/c1-33-21-8-7-15(11-22(21)34-2)25-24-18(17-5-3-4-6-19(17)28-24)12-20-26(32)29(14-23(31)30(20)25)16-9-10-27-13-16/h3-8,11,16,20,25,27-28H,9-10,12-14H2,1-2H3/t16-,20-,25-/m1/s1. The van der Waals surface area contributed by atoms with Crippen LogP contribution in [0, 0.1) is 0 Å². The average molecular weight is 461 g/mol. The summed E-state index contributed by atoms with van der Waals surface area (Å²) in [6.45, 7) is 1.72. The molecule has 1 aromatic heterocycles. The Labute approximate surface area is 197 Å². The van der Waals surface area contributed by atoms with E-state index in [1.54, 1.807) is 24.0 Å². The van der Waals surface area contributed by atoms with Crippen molar-refractivity contribution in [3.8, 4) is 11.5 Å². The second-order valence-corrected chi connectivity index (χ2v) is 9.21. The monoisotopic (exact) mass is 460 g/mol. The maximum absolute atomic E-state index is 13.8. The number of ether oxygens (including phenoxy) is 2. The molecule has 176 valence electrons. The molecule has 34 heavy (non-hydrogen) atoms. The number of carbonyl (C=O) groups is 2. The number of piperazine rings is 1. The summed E-state index contributed by atoms with van der Waals surface area (Å²) in [6, 6.07) is 13.0. The van der Waals surface area contributed by atoms with E-state index in [1.807, 2.05) is 36.4 Å². The summed E-state index contributed by atoms with van der Waals surface area (Å²) in [4.78, 5) is 34.6. The SMILES string of the molecule is COc1ccc([C@@H]2c3[nH]c4ccccc4c3C[C@@H]3C(=O)N([C@@H]4CCNC4)CC(=O)N23)cc1OC. The Morgan fingerprint density at radius 3 is 2.62 bits per heavy atom. The van der Waals surface area contributed by atoms with E-state index in [4.69, 9.17) is 9.47 Å². The first kappa shape index (κ1) is 21.0. The lowest BCUT2D eigenvalue weighted by molar-refractivity contribution is -0.160. The molecule has 2 fully saturated rings. The van der Waals surface area contributed by atoms with Gasteiger partial charge in [-0.1, -0.05) is 24.3 Å².